The maximum atomic E-state index is 11.0. The zero-order valence-corrected chi connectivity index (χ0v) is 10.6. The predicted molar refractivity (Wildman–Crippen MR) is 69.2 cm³/mol. The number of hydroxylamine groups is 1. The third-order valence-electron chi connectivity index (χ3n) is 3.98. The lowest BCUT2D eigenvalue weighted by Gasteiger charge is -2.27. The van der Waals surface area contributed by atoms with Crippen LogP contribution in [0.5, 0.6) is 0 Å². The average molecular weight is 262 g/mol. The van der Waals surface area contributed by atoms with Crippen LogP contribution in [0.2, 0.25) is 0 Å². The van der Waals surface area contributed by atoms with Crippen molar-refractivity contribution in [1.29, 1.82) is 0 Å². The van der Waals surface area contributed by atoms with Crippen LogP contribution < -0.4 is 10.8 Å². The van der Waals surface area contributed by atoms with Gasteiger partial charge in [-0.15, -0.1) is 0 Å². The smallest absolute Gasteiger partial charge is 0.320 e. The molecule has 1 saturated carbocycles. The van der Waals surface area contributed by atoms with Crippen molar-refractivity contribution in [2.24, 2.45) is 11.8 Å². The van der Waals surface area contributed by atoms with Crippen LogP contribution in [-0.4, -0.2) is 29.7 Å². The van der Waals surface area contributed by atoms with Gasteiger partial charge < -0.3 is 10.4 Å². The molecule has 0 bridgehead atoms. The monoisotopic (exact) mass is 262 g/mol. The second-order valence-electron chi connectivity index (χ2n) is 5.29. The normalized spacial score (nSPS) is 32.6. The molecule has 1 aliphatic carbocycles. The molecule has 1 aromatic rings. The van der Waals surface area contributed by atoms with E-state index >= 15 is 0 Å². The molecule has 0 aromatic heterocycles. The van der Waals surface area contributed by atoms with E-state index in [4.69, 9.17) is 9.94 Å². The van der Waals surface area contributed by atoms with Crippen molar-refractivity contribution >= 4 is 5.97 Å². The molecule has 1 saturated heterocycles. The predicted octanol–water partition coefficient (Wildman–Crippen LogP) is 0.769. The van der Waals surface area contributed by atoms with Crippen LogP contribution in [0.3, 0.4) is 0 Å². The summed E-state index contributed by atoms with van der Waals surface area (Å²) < 4.78 is 0. The van der Waals surface area contributed by atoms with E-state index < -0.39 is 5.97 Å². The van der Waals surface area contributed by atoms with E-state index in [1.54, 1.807) is 0 Å². The quantitative estimate of drug-likeness (QED) is 0.684. The fourth-order valence-electron chi connectivity index (χ4n) is 2.84. The van der Waals surface area contributed by atoms with Crippen LogP contribution in [0.15, 0.2) is 30.3 Å². The largest absolute Gasteiger partial charge is 0.480 e. The second kappa shape index (κ2) is 5.28. The summed E-state index contributed by atoms with van der Waals surface area (Å²) in [7, 11) is 0. The lowest BCUT2D eigenvalue weighted by Crippen LogP contribution is -2.52. The molecule has 19 heavy (non-hydrogen) atoms. The van der Waals surface area contributed by atoms with Gasteiger partial charge in [0.1, 0.15) is 6.04 Å². The summed E-state index contributed by atoms with van der Waals surface area (Å²) in [6.45, 7) is 1.17. The number of benzene rings is 1. The molecule has 4 atom stereocenters. The number of fused-ring (bicyclic) bond motifs is 1. The van der Waals surface area contributed by atoms with E-state index in [9.17, 15) is 4.79 Å². The number of nitrogens with one attached hydrogen (secondary N) is 2. The molecule has 5 heteroatoms. The van der Waals surface area contributed by atoms with Gasteiger partial charge in [0.05, 0.1) is 6.61 Å². The number of rotatable bonds is 5. The van der Waals surface area contributed by atoms with Crippen molar-refractivity contribution in [3.05, 3.63) is 35.9 Å². The summed E-state index contributed by atoms with van der Waals surface area (Å²) in [5.41, 5.74) is 4.19. The molecular formula is C14H18N2O3. The maximum absolute atomic E-state index is 11.0. The number of hydrogen-bond acceptors (Lipinski definition) is 4. The van der Waals surface area contributed by atoms with Gasteiger partial charge in [-0.3, -0.25) is 9.63 Å². The Morgan fingerprint density at radius 2 is 2.16 bits per heavy atom. The van der Waals surface area contributed by atoms with Gasteiger partial charge in [0, 0.05) is 12.6 Å². The number of piperidine rings is 1. The van der Waals surface area contributed by atoms with Gasteiger partial charge in [-0.05, 0) is 23.8 Å². The molecule has 0 radical (unpaired) electrons. The first kappa shape index (κ1) is 12.6. The molecule has 1 aromatic carbocycles. The minimum atomic E-state index is -0.740. The highest BCUT2D eigenvalue weighted by molar-refractivity contribution is 5.74. The Morgan fingerprint density at radius 3 is 2.89 bits per heavy atom. The topological polar surface area (TPSA) is 70.6 Å². The van der Waals surface area contributed by atoms with Crippen LogP contribution in [0.4, 0.5) is 0 Å². The summed E-state index contributed by atoms with van der Waals surface area (Å²) >= 11 is 0. The Bertz CT molecular complexity index is 451. The minimum absolute atomic E-state index is 0.212. The maximum Gasteiger partial charge on any atom is 0.320 e. The van der Waals surface area contributed by atoms with Crippen molar-refractivity contribution in [3.63, 3.8) is 0 Å². The molecule has 0 spiro atoms. The number of carbonyl (C=O) groups is 1. The Morgan fingerprint density at radius 1 is 1.37 bits per heavy atom. The van der Waals surface area contributed by atoms with Crippen LogP contribution in [-0.2, 0) is 16.2 Å². The molecule has 3 N–H and O–H groups in total. The highest BCUT2D eigenvalue weighted by atomic mass is 16.6. The van der Waals surface area contributed by atoms with Crippen molar-refractivity contribution in [2.75, 3.05) is 6.54 Å². The third-order valence-corrected chi connectivity index (χ3v) is 3.98. The summed E-state index contributed by atoms with van der Waals surface area (Å²) in [5, 5.41) is 12.1. The van der Waals surface area contributed by atoms with Crippen LogP contribution in [0, 0.1) is 11.8 Å². The van der Waals surface area contributed by atoms with Gasteiger partial charge in [0.15, 0.2) is 0 Å². The van der Waals surface area contributed by atoms with E-state index in [2.05, 4.69) is 10.8 Å². The molecule has 0 amide bonds. The first-order chi connectivity index (χ1) is 9.25. The van der Waals surface area contributed by atoms with Crippen molar-refractivity contribution in [2.45, 2.75) is 25.1 Å². The Hall–Kier alpha value is -1.43. The SMILES string of the molecule is O=C(O)[C@H]1NCC(NOCc2ccccc2)[C@@H]2C[C@H]12. The molecular weight excluding hydrogens is 244 g/mol. The highest BCUT2D eigenvalue weighted by Crippen LogP contribution is 2.46. The van der Waals surface area contributed by atoms with E-state index in [1.807, 2.05) is 30.3 Å². The minimum Gasteiger partial charge on any atom is -0.480 e. The first-order valence-corrected chi connectivity index (χ1v) is 6.63. The van der Waals surface area contributed by atoms with E-state index in [1.165, 1.54) is 0 Å². The standard InChI is InChI=1S/C14H18N2O3/c17-14(18)13-11-6-10(11)12(7-15-13)16-19-8-9-4-2-1-3-5-9/h1-5,10-13,15-16H,6-8H2,(H,17,18)/t10-,11+,12?,13+/m1/s1. The lowest BCUT2D eigenvalue weighted by atomic mass is 10.0. The molecule has 102 valence electrons. The van der Waals surface area contributed by atoms with Crippen molar-refractivity contribution < 1.29 is 14.7 Å². The fourth-order valence-corrected chi connectivity index (χ4v) is 2.84. The Balaban J connectivity index is 1.45. The number of hydrogen-bond donors (Lipinski definition) is 3. The zero-order valence-electron chi connectivity index (χ0n) is 10.6. The molecule has 5 nitrogen and oxygen atoms in total. The van der Waals surface area contributed by atoms with Gasteiger partial charge in [-0.1, -0.05) is 30.3 Å². The molecule has 1 unspecified atom stereocenters. The van der Waals surface area contributed by atoms with E-state index in [0.717, 1.165) is 12.0 Å². The Labute approximate surface area is 111 Å². The van der Waals surface area contributed by atoms with E-state index in [-0.39, 0.29) is 18.0 Å². The third kappa shape index (κ3) is 2.78. The number of aliphatic carboxylic acids is 1. The first-order valence-electron chi connectivity index (χ1n) is 6.63. The average Bonchev–Trinajstić information content (AvgIpc) is 3.20. The summed E-state index contributed by atoms with van der Waals surface area (Å²) in [5.74, 6) is -0.0571. The van der Waals surface area contributed by atoms with Crippen LogP contribution >= 0.6 is 0 Å². The van der Waals surface area contributed by atoms with Crippen LogP contribution in [0.25, 0.3) is 0 Å². The van der Waals surface area contributed by atoms with Gasteiger partial charge in [-0.25, -0.2) is 0 Å². The van der Waals surface area contributed by atoms with Crippen LogP contribution in [0.1, 0.15) is 12.0 Å². The molecule has 1 heterocycles. The van der Waals surface area contributed by atoms with Gasteiger partial charge in [0.25, 0.3) is 0 Å². The molecule has 3 rings (SSSR count). The summed E-state index contributed by atoms with van der Waals surface area (Å²) in [6, 6.07) is 9.80. The van der Waals surface area contributed by atoms with Gasteiger partial charge >= 0.3 is 5.97 Å². The van der Waals surface area contributed by atoms with Gasteiger partial charge in [0.2, 0.25) is 0 Å². The van der Waals surface area contributed by atoms with Crippen molar-refractivity contribution in [1.82, 2.24) is 10.8 Å². The lowest BCUT2D eigenvalue weighted by molar-refractivity contribution is -0.140. The number of carboxylic acids is 1. The van der Waals surface area contributed by atoms with Crippen molar-refractivity contribution in [3.8, 4) is 0 Å². The number of carboxylic acid groups (broad SMARTS) is 1. The molecule has 2 aliphatic rings. The van der Waals surface area contributed by atoms with Gasteiger partial charge in [-0.2, -0.15) is 5.48 Å². The second-order valence-corrected chi connectivity index (χ2v) is 5.29. The molecule has 2 fully saturated rings. The zero-order chi connectivity index (χ0) is 13.2. The summed E-state index contributed by atoms with van der Waals surface area (Å²) in [6.07, 6.45) is 0.969. The molecule has 1 aliphatic heterocycles. The summed E-state index contributed by atoms with van der Waals surface area (Å²) in [4.78, 5) is 16.5. The fraction of sp³-hybridized carbons (Fsp3) is 0.500. The highest BCUT2D eigenvalue weighted by Gasteiger charge is 2.53. The van der Waals surface area contributed by atoms with E-state index in [0.29, 0.717) is 19.1 Å². The Kier molecular flexibility index (Phi) is 3.50.